The van der Waals surface area contributed by atoms with Crippen molar-refractivity contribution in [2.24, 2.45) is 0 Å². The molecule has 3 aromatic rings. The summed E-state index contributed by atoms with van der Waals surface area (Å²) >= 11 is 3.45. The van der Waals surface area contributed by atoms with Gasteiger partial charge in [0.15, 0.2) is 0 Å². The van der Waals surface area contributed by atoms with Crippen LogP contribution in [-0.4, -0.2) is 21.2 Å². The first-order chi connectivity index (χ1) is 9.75. The molecule has 0 unspecified atom stereocenters. The maximum atomic E-state index is 5.80. The van der Waals surface area contributed by atoms with Gasteiger partial charge in [0.1, 0.15) is 16.2 Å². The molecular formula is C15H14BrN3O. The van der Waals surface area contributed by atoms with Crippen LogP contribution >= 0.6 is 15.9 Å². The van der Waals surface area contributed by atoms with Gasteiger partial charge in [-0.05, 0) is 46.6 Å². The van der Waals surface area contributed by atoms with E-state index in [9.17, 15) is 0 Å². The Labute approximate surface area is 125 Å². The molecule has 0 N–H and O–H groups in total. The van der Waals surface area contributed by atoms with Crippen molar-refractivity contribution in [2.45, 2.75) is 13.3 Å². The summed E-state index contributed by atoms with van der Waals surface area (Å²) in [5.74, 6) is 1.81. The van der Waals surface area contributed by atoms with Gasteiger partial charge in [0.05, 0.1) is 12.1 Å². The summed E-state index contributed by atoms with van der Waals surface area (Å²) in [5.41, 5.74) is 2.11. The third kappa shape index (κ3) is 2.54. The number of halogens is 1. The summed E-state index contributed by atoms with van der Waals surface area (Å²) in [7, 11) is 0. The van der Waals surface area contributed by atoms with Crippen LogP contribution in [0, 0.1) is 6.92 Å². The van der Waals surface area contributed by atoms with Gasteiger partial charge >= 0.3 is 0 Å². The minimum atomic E-state index is 0.576. The smallest absolute Gasteiger partial charge is 0.135 e. The normalized spacial score (nSPS) is 10.9. The second-order valence-electron chi connectivity index (χ2n) is 4.50. The molecular weight excluding hydrogens is 318 g/mol. The van der Waals surface area contributed by atoms with Gasteiger partial charge in [0, 0.05) is 12.6 Å². The first-order valence-electron chi connectivity index (χ1n) is 6.42. The van der Waals surface area contributed by atoms with E-state index in [1.54, 1.807) is 6.20 Å². The fraction of sp³-hybridized carbons (Fsp3) is 0.200. The Kier molecular flexibility index (Phi) is 3.69. The number of para-hydroxylation sites is 1. The molecule has 1 aromatic carbocycles. The molecule has 0 aliphatic heterocycles. The van der Waals surface area contributed by atoms with E-state index in [0.29, 0.717) is 13.0 Å². The number of benzene rings is 1. The van der Waals surface area contributed by atoms with Crippen LogP contribution in [0.25, 0.3) is 5.52 Å². The number of nitrogens with zero attached hydrogens (tertiary/aromatic N) is 3. The predicted octanol–water partition coefficient (Wildman–Crippen LogP) is 3.42. The van der Waals surface area contributed by atoms with Crippen LogP contribution in [0.1, 0.15) is 11.4 Å². The largest absolute Gasteiger partial charge is 0.493 e. The highest BCUT2D eigenvalue weighted by Crippen LogP contribution is 2.19. The number of ether oxygens (including phenoxy) is 1. The van der Waals surface area contributed by atoms with Crippen LogP contribution in [0.4, 0.5) is 0 Å². The number of aromatic nitrogens is 3. The quantitative estimate of drug-likeness (QED) is 0.735. The lowest BCUT2D eigenvalue weighted by atomic mass is 10.2. The van der Waals surface area contributed by atoms with Crippen LogP contribution in [0.15, 0.2) is 47.2 Å². The predicted molar refractivity (Wildman–Crippen MR) is 81.1 cm³/mol. The van der Waals surface area contributed by atoms with Crippen LogP contribution in [-0.2, 0) is 6.42 Å². The number of rotatable bonds is 4. The summed E-state index contributed by atoms with van der Waals surface area (Å²) < 4.78 is 8.46. The van der Waals surface area contributed by atoms with E-state index in [-0.39, 0.29) is 0 Å². The number of hydrogen-bond donors (Lipinski definition) is 0. The standard InChI is InChI=1S/C15H14BrN3O/c1-11-5-2-3-7-13(11)20-10-8-14-18-15(16)12-6-4-9-17-19(12)14/h2-7,9H,8,10H2,1H3. The zero-order valence-corrected chi connectivity index (χ0v) is 12.7. The lowest BCUT2D eigenvalue weighted by molar-refractivity contribution is 0.316. The van der Waals surface area contributed by atoms with Crippen molar-refractivity contribution in [2.75, 3.05) is 6.61 Å². The minimum absolute atomic E-state index is 0.576. The van der Waals surface area contributed by atoms with Gasteiger partial charge in [-0.15, -0.1) is 0 Å². The molecule has 102 valence electrons. The molecule has 0 spiro atoms. The topological polar surface area (TPSA) is 39.4 Å². The second kappa shape index (κ2) is 5.63. The SMILES string of the molecule is Cc1ccccc1OCCc1nc(Br)c2cccnn12. The third-order valence-electron chi connectivity index (χ3n) is 3.11. The molecule has 0 amide bonds. The summed E-state index contributed by atoms with van der Waals surface area (Å²) in [5, 5.41) is 4.31. The highest BCUT2D eigenvalue weighted by atomic mass is 79.9. The molecule has 0 radical (unpaired) electrons. The van der Waals surface area contributed by atoms with Crippen molar-refractivity contribution in [3.63, 3.8) is 0 Å². The maximum Gasteiger partial charge on any atom is 0.135 e. The number of hydrogen-bond acceptors (Lipinski definition) is 3. The molecule has 0 fully saturated rings. The highest BCUT2D eigenvalue weighted by Gasteiger charge is 2.09. The Morgan fingerprint density at radius 2 is 2.05 bits per heavy atom. The summed E-state index contributed by atoms with van der Waals surface area (Å²) in [6.07, 6.45) is 2.46. The maximum absolute atomic E-state index is 5.80. The Morgan fingerprint density at radius 1 is 1.20 bits per heavy atom. The van der Waals surface area contributed by atoms with Gasteiger partial charge in [-0.1, -0.05) is 18.2 Å². The number of imidazole rings is 1. The lowest BCUT2D eigenvalue weighted by Crippen LogP contribution is -2.06. The summed E-state index contributed by atoms with van der Waals surface area (Å²) in [6.45, 7) is 2.62. The first-order valence-corrected chi connectivity index (χ1v) is 7.21. The molecule has 0 saturated heterocycles. The van der Waals surface area contributed by atoms with Gasteiger partial charge in [0.2, 0.25) is 0 Å². The molecule has 2 heterocycles. The molecule has 5 heteroatoms. The van der Waals surface area contributed by atoms with Crippen LogP contribution in [0.2, 0.25) is 0 Å². The molecule has 0 aliphatic carbocycles. The van der Waals surface area contributed by atoms with Crippen molar-refractivity contribution < 1.29 is 4.74 Å². The molecule has 4 nitrogen and oxygen atoms in total. The molecule has 3 rings (SSSR count). The fourth-order valence-corrected chi connectivity index (χ4v) is 2.59. The van der Waals surface area contributed by atoms with Gasteiger partial charge in [-0.3, -0.25) is 0 Å². The zero-order chi connectivity index (χ0) is 13.9. The number of aryl methyl sites for hydroxylation is 1. The second-order valence-corrected chi connectivity index (χ2v) is 5.25. The Morgan fingerprint density at radius 3 is 2.90 bits per heavy atom. The zero-order valence-electron chi connectivity index (χ0n) is 11.1. The van der Waals surface area contributed by atoms with Crippen molar-refractivity contribution in [3.8, 4) is 5.75 Å². The van der Waals surface area contributed by atoms with Crippen molar-refractivity contribution in [3.05, 3.63) is 58.6 Å². The average molecular weight is 332 g/mol. The van der Waals surface area contributed by atoms with E-state index in [1.165, 1.54) is 0 Å². The fourth-order valence-electron chi connectivity index (χ4n) is 2.08. The van der Waals surface area contributed by atoms with Gasteiger partial charge < -0.3 is 4.74 Å². The summed E-state index contributed by atoms with van der Waals surface area (Å²) in [6, 6.07) is 11.9. The van der Waals surface area contributed by atoms with E-state index in [1.807, 2.05) is 47.8 Å². The van der Waals surface area contributed by atoms with E-state index < -0.39 is 0 Å². The Bertz CT molecular complexity index is 739. The first kappa shape index (κ1) is 13.1. The molecule has 0 saturated carbocycles. The van der Waals surface area contributed by atoms with Crippen LogP contribution < -0.4 is 4.74 Å². The Hall–Kier alpha value is -1.88. The Balaban J connectivity index is 1.73. The molecule has 0 aliphatic rings. The monoisotopic (exact) mass is 331 g/mol. The van der Waals surface area contributed by atoms with Gasteiger partial charge in [-0.25, -0.2) is 9.50 Å². The molecule has 2 aromatic heterocycles. The van der Waals surface area contributed by atoms with Crippen molar-refractivity contribution in [1.82, 2.24) is 14.6 Å². The van der Waals surface area contributed by atoms with Crippen molar-refractivity contribution >= 4 is 21.4 Å². The van der Waals surface area contributed by atoms with E-state index in [0.717, 1.165) is 27.3 Å². The molecule has 0 atom stereocenters. The number of fused-ring (bicyclic) bond motifs is 1. The van der Waals surface area contributed by atoms with Crippen molar-refractivity contribution in [1.29, 1.82) is 0 Å². The molecule has 0 bridgehead atoms. The average Bonchev–Trinajstić information content (AvgIpc) is 2.78. The van der Waals surface area contributed by atoms with Crippen LogP contribution in [0.3, 0.4) is 0 Å². The van der Waals surface area contributed by atoms with E-state index in [4.69, 9.17) is 4.74 Å². The highest BCUT2D eigenvalue weighted by molar-refractivity contribution is 9.10. The minimum Gasteiger partial charge on any atom is -0.493 e. The van der Waals surface area contributed by atoms with E-state index in [2.05, 4.69) is 26.0 Å². The third-order valence-corrected chi connectivity index (χ3v) is 3.69. The summed E-state index contributed by atoms with van der Waals surface area (Å²) in [4.78, 5) is 4.48. The lowest BCUT2D eigenvalue weighted by Gasteiger charge is -2.07. The van der Waals surface area contributed by atoms with Gasteiger partial charge in [-0.2, -0.15) is 5.10 Å². The van der Waals surface area contributed by atoms with E-state index >= 15 is 0 Å². The molecule has 20 heavy (non-hydrogen) atoms. The van der Waals surface area contributed by atoms with Gasteiger partial charge in [0.25, 0.3) is 0 Å². The van der Waals surface area contributed by atoms with Crippen LogP contribution in [0.5, 0.6) is 5.75 Å².